The van der Waals surface area contributed by atoms with Crippen LogP contribution < -0.4 is 11.1 Å². The lowest BCUT2D eigenvalue weighted by atomic mass is 10.0. The predicted octanol–water partition coefficient (Wildman–Crippen LogP) is 1.13. The molecule has 0 bridgehead atoms. The highest BCUT2D eigenvalue weighted by atomic mass is 32.1. The summed E-state index contributed by atoms with van der Waals surface area (Å²) in [6.07, 6.45) is 3.39. The van der Waals surface area contributed by atoms with E-state index in [1.54, 1.807) is 0 Å². The SMILES string of the molecule is CCCC(NC(=O)C1(C)CCCO1)C(N)=S. The third-order valence-electron chi connectivity index (χ3n) is 2.93. The van der Waals surface area contributed by atoms with E-state index in [1.165, 1.54) is 0 Å². The molecule has 2 unspecified atom stereocenters. The van der Waals surface area contributed by atoms with Crippen molar-refractivity contribution in [2.24, 2.45) is 5.73 Å². The number of carbonyl (C=O) groups excluding carboxylic acids is 1. The minimum Gasteiger partial charge on any atom is -0.392 e. The second kappa shape index (κ2) is 5.59. The van der Waals surface area contributed by atoms with E-state index in [0.29, 0.717) is 11.6 Å². The quantitative estimate of drug-likeness (QED) is 0.712. The molecule has 0 spiro atoms. The Morgan fingerprint density at radius 1 is 1.69 bits per heavy atom. The summed E-state index contributed by atoms with van der Waals surface area (Å²) in [7, 11) is 0. The van der Waals surface area contributed by atoms with Gasteiger partial charge in [0.1, 0.15) is 5.60 Å². The fourth-order valence-corrected chi connectivity index (χ4v) is 2.02. The number of nitrogens with two attached hydrogens (primary N) is 1. The van der Waals surface area contributed by atoms with Crippen molar-refractivity contribution in [2.45, 2.75) is 51.2 Å². The zero-order chi connectivity index (χ0) is 12.2. The fraction of sp³-hybridized carbons (Fsp3) is 0.818. The normalized spacial score (nSPS) is 26.4. The van der Waals surface area contributed by atoms with E-state index in [1.807, 2.05) is 13.8 Å². The first kappa shape index (κ1) is 13.4. The Kier molecular flexibility index (Phi) is 4.68. The zero-order valence-electron chi connectivity index (χ0n) is 9.91. The monoisotopic (exact) mass is 244 g/mol. The number of rotatable bonds is 5. The topological polar surface area (TPSA) is 64.3 Å². The minimum atomic E-state index is -0.698. The summed E-state index contributed by atoms with van der Waals surface area (Å²) in [6.45, 7) is 4.50. The fourth-order valence-electron chi connectivity index (χ4n) is 1.84. The number of hydrogen-bond acceptors (Lipinski definition) is 3. The van der Waals surface area contributed by atoms with Crippen LogP contribution in [0.2, 0.25) is 0 Å². The lowest BCUT2D eigenvalue weighted by molar-refractivity contribution is -0.139. The molecule has 1 aliphatic rings. The van der Waals surface area contributed by atoms with Crippen molar-refractivity contribution in [1.29, 1.82) is 0 Å². The summed E-state index contributed by atoms with van der Waals surface area (Å²) >= 11 is 4.93. The van der Waals surface area contributed by atoms with Gasteiger partial charge in [0.2, 0.25) is 0 Å². The molecular formula is C11H20N2O2S. The summed E-state index contributed by atoms with van der Waals surface area (Å²) in [5.74, 6) is -0.101. The van der Waals surface area contributed by atoms with Crippen LogP contribution in [0.25, 0.3) is 0 Å². The van der Waals surface area contributed by atoms with Gasteiger partial charge in [-0.3, -0.25) is 4.79 Å². The van der Waals surface area contributed by atoms with Crippen molar-refractivity contribution < 1.29 is 9.53 Å². The summed E-state index contributed by atoms with van der Waals surface area (Å²) in [4.78, 5) is 12.3. The molecule has 5 heteroatoms. The van der Waals surface area contributed by atoms with E-state index in [-0.39, 0.29) is 11.9 Å². The van der Waals surface area contributed by atoms with Crippen LogP contribution in [0.5, 0.6) is 0 Å². The molecule has 1 rings (SSSR count). The molecule has 1 aliphatic heterocycles. The second-order valence-electron chi connectivity index (χ2n) is 4.40. The molecule has 0 saturated carbocycles. The standard InChI is InChI=1S/C11H20N2O2S/c1-3-5-8(9(12)16)13-10(14)11(2)6-4-7-15-11/h8H,3-7H2,1-2H3,(H2,12,16)(H,13,14). The van der Waals surface area contributed by atoms with Gasteiger partial charge in [0, 0.05) is 6.61 Å². The van der Waals surface area contributed by atoms with Gasteiger partial charge in [-0.2, -0.15) is 0 Å². The molecule has 4 nitrogen and oxygen atoms in total. The average Bonchev–Trinajstić information content (AvgIpc) is 2.65. The molecule has 92 valence electrons. The molecule has 0 aromatic heterocycles. The van der Waals surface area contributed by atoms with Crippen LogP contribution in [-0.4, -0.2) is 29.1 Å². The molecule has 0 radical (unpaired) electrons. The van der Waals surface area contributed by atoms with Crippen LogP contribution in [0.4, 0.5) is 0 Å². The first-order chi connectivity index (χ1) is 7.49. The molecule has 0 aliphatic carbocycles. The van der Waals surface area contributed by atoms with E-state index in [4.69, 9.17) is 22.7 Å². The Morgan fingerprint density at radius 3 is 2.81 bits per heavy atom. The minimum absolute atomic E-state index is 0.101. The Balaban J connectivity index is 2.57. The van der Waals surface area contributed by atoms with Gasteiger partial charge in [0.15, 0.2) is 0 Å². The van der Waals surface area contributed by atoms with E-state index < -0.39 is 5.60 Å². The number of hydrogen-bond donors (Lipinski definition) is 2. The number of nitrogens with one attached hydrogen (secondary N) is 1. The molecule has 16 heavy (non-hydrogen) atoms. The van der Waals surface area contributed by atoms with Crippen molar-refractivity contribution in [3.63, 3.8) is 0 Å². The van der Waals surface area contributed by atoms with Crippen molar-refractivity contribution in [3.05, 3.63) is 0 Å². The molecule has 0 aromatic rings. The Bertz CT molecular complexity index is 275. The maximum absolute atomic E-state index is 12.0. The third kappa shape index (κ3) is 3.15. The molecule has 2 atom stereocenters. The van der Waals surface area contributed by atoms with Crippen molar-refractivity contribution in [3.8, 4) is 0 Å². The highest BCUT2D eigenvalue weighted by Crippen LogP contribution is 2.25. The van der Waals surface area contributed by atoms with Gasteiger partial charge in [0.05, 0.1) is 11.0 Å². The van der Waals surface area contributed by atoms with E-state index in [2.05, 4.69) is 5.32 Å². The second-order valence-corrected chi connectivity index (χ2v) is 4.87. The summed E-state index contributed by atoms with van der Waals surface area (Å²) < 4.78 is 5.46. The van der Waals surface area contributed by atoms with Gasteiger partial charge in [-0.15, -0.1) is 0 Å². The van der Waals surface area contributed by atoms with E-state index in [9.17, 15) is 4.79 Å². The van der Waals surface area contributed by atoms with Crippen LogP contribution in [0.1, 0.15) is 39.5 Å². The van der Waals surface area contributed by atoms with Crippen molar-refractivity contribution in [1.82, 2.24) is 5.32 Å². The summed E-state index contributed by atoms with van der Waals surface area (Å²) in [5.41, 5.74) is 4.89. The lowest BCUT2D eigenvalue weighted by Gasteiger charge is -2.25. The number of ether oxygens (including phenoxy) is 1. The Morgan fingerprint density at radius 2 is 2.38 bits per heavy atom. The molecular weight excluding hydrogens is 224 g/mol. The third-order valence-corrected chi connectivity index (χ3v) is 3.21. The summed E-state index contributed by atoms with van der Waals surface area (Å²) in [5, 5.41) is 2.87. The highest BCUT2D eigenvalue weighted by Gasteiger charge is 2.38. The van der Waals surface area contributed by atoms with Crippen LogP contribution in [-0.2, 0) is 9.53 Å². The van der Waals surface area contributed by atoms with Gasteiger partial charge < -0.3 is 15.8 Å². The van der Waals surface area contributed by atoms with Gasteiger partial charge >= 0.3 is 0 Å². The van der Waals surface area contributed by atoms with Gasteiger partial charge in [-0.25, -0.2) is 0 Å². The molecule has 1 saturated heterocycles. The van der Waals surface area contributed by atoms with Crippen molar-refractivity contribution >= 4 is 23.1 Å². The number of carbonyl (C=O) groups is 1. The maximum atomic E-state index is 12.0. The van der Waals surface area contributed by atoms with Crippen LogP contribution in [0, 0.1) is 0 Å². The largest absolute Gasteiger partial charge is 0.392 e. The first-order valence-electron chi connectivity index (χ1n) is 5.74. The maximum Gasteiger partial charge on any atom is 0.252 e. The predicted molar refractivity (Wildman–Crippen MR) is 67.2 cm³/mol. The Labute approximate surface area is 102 Å². The number of amides is 1. The van der Waals surface area contributed by atoms with Gasteiger partial charge in [-0.1, -0.05) is 25.6 Å². The molecule has 1 amide bonds. The van der Waals surface area contributed by atoms with Crippen LogP contribution in [0.3, 0.4) is 0 Å². The van der Waals surface area contributed by atoms with Crippen molar-refractivity contribution in [2.75, 3.05) is 6.61 Å². The first-order valence-corrected chi connectivity index (χ1v) is 6.14. The van der Waals surface area contributed by atoms with E-state index >= 15 is 0 Å². The zero-order valence-corrected chi connectivity index (χ0v) is 10.7. The Hall–Kier alpha value is -0.680. The molecule has 0 aromatic carbocycles. The molecule has 1 heterocycles. The lowest BCUT2D eigenvalue weighted by Crippen LogP contribution is -2.51. The average molecular weight is 244 g/mol. The summed E-state index contributed by atoms with van der Waals surface area (Å²) in [6, 6.07) is -0.214. The van der Waals surface area contributed by atoms with Crippen LogP contribution >= 0.6 is 12.2 Å². The highest BCUT2D eigenvalue weighted by molar-refractivity contribution is 7.80. The van der Waals surface area contributed by atoms with E-state index in [0.717, 1.165) is 25.7 Å². The molecule has 1 fully saturated rings. The smallest absolute Gasteiger partial charge is 0.252 e. The molecule has 3 N–H and O–H groups in total. The number of thiocarbonyl (C=S) groups is 1. The van der Waals surface area contributed by atoms with Gasteiger partial charge in [0.25, 0.3) is 5.91 Å². The van der Waals surface area contributed by atoms with Crippen LogP contribution in [0.15, 0.2) is 0 Å². The van der Waals surface area contributed by atoms with Gasteiger partial charge in [-0.05, 0) is 26.2 Å².